The van der Waals surface area contributed by atoms with E-state index in [4.69, 9.17) is 21.3 Å². The fourth-order valence-electron chi connectivity index (χ4n) is 5.28. The van der Waals surface area contributed by atoms with Crippen LogP contribution in [0.15, 0.2) is 71.7 Å². The summed E-state index contributed by atoms with van der Waals surface area (Å²) in [5, 5.41) is 11.7. The van der Waals surface area contributed by atoms with Crippen molar-refractivity contribution in [1.29, 1.82) is 0 Å². The fraction of sp³-hybridized carbons (Fsp3) is 0.212. The van der Waals surface area contributed by atoms with Crippen molar-refractivity contribution < 1.29 is 14.6 Å². The fourth-order valence-corrected chi connectivity index (χ4v) is 6.53. The number of carboxylic acid groups (broad SMARTS) is 1. The van der Waals surface area contributed by atoms with Gasteiger partial charge in [-0.05, 0) is 81.3 Å². The molecule has 0 aliphatic heterocycles. The normalized spacial score (nSPS) is 12.7. The Morgan fingerprint density at radius 1 is 1.05 bits per heavy atom. The van der Waals surface area contributed by atoms with Crippen molar-refractivity contribution in [2.24, 2.45) is 7.05 Å². The van der Waals surface area contributed by atoms with Crippen molar-refractivity contribution in [2.45, 2.75) is 39.4 Å². The van der Waals surface area contributed by atoms with Gasteiger partial charge in [-0.25, -0.2) is 14.6 Å². The summed E-state index contributed by atoms with van der Waals surface area (Å²) in [5.74, 6) is -1.06. The Bertz CT molecular complexity index is 2090. The molecule has 10 heteroatoms. The van der Waals surface area contributed by atoms with Gasteiger partial charge in [0.25, 0.3) is 0 Å². The number of halogens is 1. The first kappa shape index (κ1) is 28.8. The number of rotatable bonds is 6. The molecule has 0 spiro atoms. The van der Waals surface area contributed by atoms with E-state index in [1.807, 2.05) is 76.2 Å². The summed E-state index contributed by atoms with van der Waals surface area (Å²) in [6, 6.07) is 18.9. The molecule has 0 saturated carbocycles. The lowest BCUT2D eigenvalue weighted by Gasteiger charge is -2.28. The van der Waals surface area contributed by atoms with Crippen molar-refractivity contribution in [2.75, 3.05) is 0 Å². The summed E-state index contributed by atoms with van der Waals surface area (Å²) >= 11 is 7.71. The molecule has 3 heterocycles. The van der Waals surface area contributed by atoms with Crippen LogP contribution in [0.25, 0.3) is 54.2 Å². The number of fused-ring (bicyclic) bond motifs is 2. The molecule has 0 radical (unpaired) electrons. The number of carbonyl (C=O) groups is 1. The molecule has 1 atom stereocenters. The van der Waals surface area contributed by atoms with Gasteiger partial charge in [-0.15, -0.1) is 11.3 Å². The Labute approximate surface area is 256 Å². The number of nitrogens with one attached hydrogen (secondary N) is 1. The second kappa shape index (κ2) is 10.8. The highest BCUT2D eigenvalue weighted by Gasteiger charge is 2.32. The van der Waals surface area contributed by atoms with Crippen LogP contribution in [0.4, 0.5) is 0 Å². The van der Waals surface area contributed by atoms with Crippen LogP contribution in [0.2, 0.25) is 5.02 Å². The number of H-pyrrole nitrogens is 1. The summed E-state index contributed by atoms with van der Waals surface area (Å²) in [6.45, 7) is 7.43. The minimum absolute atomic E-state index is 0.174. The Morgan fingerprint density at radius 3 is 2.47 bits per heavy atom. The number of hydrogen-bond donors (Lipinski definition) is 2. The first-order valence-electron chi connectivity index (χ1n) is 13.7. The Hall–Kier alpha value is -4.31. The molecule has 0 bridgehead atoms. The first-order valence-corrected chi connectivity index (χ1v) is 14.9. The van der Waals surface area contributed by atoms with E-state index in [9.17, 15) is 14.7 Å². The summed E-state index contributed by atoms with van der Waals surface area (Å²) in [5.41, 5.74) is 6.86. The molecular formula is C33H29ClN4O4S. The Kier molecular flexibility index (Phi) is 7.20. The molecular weight excluding hydrogens is 584 g/mol. The first-order chi connectivity index (χ1) is 20.4. The second-order valence-electron chi connectivity index (χ2n) is 11.5. The molecule has 0 aliphatic carbocycles. The SMILES string of the molecule is Cc1cc2nc(-c3ccnc(-c4ccc5c(c4)[nH]c(=O)n5C)c3)sc2c(-c2ccc(Cl)cc2)c1C(OC(C)(C)C)C(=O)O. The van der Waals surface area contributed by atoms with Gasteiger partial charge in [-0.3, -0.25) is 9.55 Å². The minimum Gasteiger partial charge on any atom is -0.479 e. The highest BCUT2D eigenvalue weighted by Crippen LogP contribution is 2.44. The van der Waals surface area contributed by atoms with Gasteiger partial charge in [0.05, 0.1) is 32.5 Å². The lowest BCUT2D eigenvalue weighted by molar-refractivity contribution is -0.160. The van der Waals surface area contributed by atoms with Gasteiger partial charge in [0.1, 0.15) is 5.01 Å². The molecule has 0 aliphatic rings. The van der Waals surface area contributed by atoms with Crippen LogP contribution < -0.4 is 5.69 Å². The van der Waals surface area contributed by atoms with Crippen LogP contribution in [0.1, 0.15) is 38.0 Å². The number of aromatic amines is 1. The van der Waals surface area contributed by atoms with Gasteiger partial charge in [0.15, 0.2) is 6.10 Å². The van der Waals surface area contributed by atoms with Crippen LogP contribution in [0, 0.1) is 6.92 Å². The van der Waals surface area contributed by atoms with E-state index in [-0.39, 0.29) is 5.69 Å². The number of aryl methyl sites for hydroxylation is 2. The molecule has 6 rings (SSSR count). The quantitative estimate of drug-likeness (QED) is 0.199. The number of nitrogens with zero attached hydrogens (tertiary/aromatic N) is 3. The van der Waals surface area contributed by atoms with Gasteiger partial charge in [0, 0.05) is 40.5 Å². The topological polar surface area (TPSA) is 110 Å². The molecule has 2 N–H and O–H groups in total. The van der Waals surface area contributed by atoms with Gasteiger partial charge in [-0.1, -0.05) is 29.8 Å². The average Bonchev–Trinajstić information content (AvgIpc) is 3.51. The third kappa shape index (κ3) is 5.47. The van der Waals surface area contributed by atoms with E-state index < -0.39 is 17.7 Å². The Morgan fingerprint density at radius 2 is 1.77 bits per heavy atom. The van der Waals surface area contributed by atoms with Crippen molar-refractivity contribution in [3.8, 4) is 33.0 Å². The van der Waals surface area contributed by atoms with Crippen molar-refractivity contribution in [3.63, 3.8) is 0 Å². The highest BCUT2D eigenvalue weighted by molar-refractivity contribution is 7.22. The number of pyridine rings is 1. The van der Waals surface area contributed by atoms with Crippen LogP contribution in [0.3, 0.4) is 0 Å². The summed E-state index contributed by atoms with van der Waals surface area (Å²) in [7, 11) is 1.73. The average molecular weight is 613 g/mol. The summed E-state index contributed by atoms with van der Waals surface area (Å²) < 4.78 is 8.54. The van der Waals surface area contributed by atoms with Crippen LogP contribution in [-0.4, -0.2) is 36.2 Å². The summed E-state index contributed by atoms with van der Waals surface area (Å²) in [4.78, 5) is 37.2. The number of hydrogen-bond acceptors (Lipinski definition) is 6. The van der Waals surface area contributed by atoms with Gasteiger partial charge >= 0.3 is 11.7 Å². The number of benzene rings is 3. The maximum Gasteiger partial charge on any atom is 0.337 e. The van der Waals surface area contributed by atoms with Crippen LogP contribution in [0.5, 0.6) is 0 Å². The maximum absolute atomic E-state index is 12.6. The number of ether oxygens (including phenoxy) is 1. The number of thiazole rings is 1. The smallest absolute Gasteiger partial charge is 0.337 e. The summed E-state index contributed by atoms with van der Waals surface area (Å²) in [6.07, 6.45) is 0.552. The largest absolute Gasteiger partial charge is 0.479 e. The van der Waals surface area contributed by atoms with Gasteiger partial charge in [-0.2, -0.15) is 0 Å². The molecule has 8 nitrogen and oxygen atoms in total. The van der Waals surface area contributed by atoms with E-state index in [2.05, 4.69) is 9.97 Å². The lowest BCUT2D eigenvalue weighted by atomic mass is 9.91. The van der Waals surface area contributed by atoms with Crippen LogP contribution in [-0.2, 0) is 16.6 Å². The van der Waals surface area contributed by atoms with E-state index in [1.165, 1.54) is 11.3 Å². The molecule has 0 saturated heterocycles. The molecule has 1 unspecified atom stereocenters. The third-order valence-electron chi connectivity index (χ3n) is 7.23. The predicted octanol–water partition coefficient (Wildman–Crippen LogP) is 7.77. The van der Waals surface area contributed by atoms with Gasteiger partial charge in [0.2, 0.25) is 0 Å². The highest BCUT2D eigenvalue weighted by atomic mass is 35.5. The second-order valence-corrected chi connectivity index (χ2v) is 12.9. The van der Waals surface area contributed by atoms with Crippen molar-refractivity contribution in [3.05, 3.63) is 93.5 Å². The molecule has 218 valence electrons. The molecule has 43 heavy (non-hydrogen) atoms. The zero-order valence-corrected chi connectivity index (χ0v) is 25.8. The van der Waals surface area contributed by atoms with E-state index in [0.717, 1.165) is 59.8 Å². The van der Waals surface area contributed by atoms with Crippen molar-refractivity contribution in [1.82, 2.24) is 19.5 Å². The molecule has 6 aromatic rings. The number of imidazole rings is 1. The Balaban J connectivity index is 1.53. The molecule has 0 amide bonds. The number of aromatic nitrogens is 4. The lowest BCUT2D eigenvalue weighted by Crippen LogP contribution is -2.28. The number of aliphatic carboxylic acids is 1. The number of carboxylic acids is 1. The van der Waals surface area contributed by atoms with Crippen molar-refractivity contribution >= 4 is 50.2 Å². The molecule has 3 aromatic heterocycles. The van der Waals surface area contributed by atoms with Crippen LogP contribution >= 0.6 is 22.9 Å². The van der Waals surface area contributed by atoms with E-state index >= 15 is 0 Å². The monoisotopic (exact) mass is 612 g/mol. The standard InChI is InChI=1S/C33H29ClN4O4S/c1-17-14-24-29(27(18-6-9-21(34)10-7-18)26(17)28(31(39)40)42-33(2,3)4)43-30(36-24)20-12-13-35-22(16-20)19-8-11-25-23(15-19)37-32(41)38(25)5/h6-16,28H,1-5H3,(H,37,41)(H,39,40). The van der Waals surface area contributed by atoms with Gasteiger partial charge < -0.3 is 14.8 Å². The molecule has 0 fully saturated rings. The zero-order valence-electron chi connectivity index (χ0n) is 24.2. The van der Waals surface area contributed by atoms with E-state index in [1.54, 1.807) is 29.9 Å². The minimum atomic E-state index is -1.19. The molecule has 3 aromatic carbocycles. The zero-order chi connectivity index (χ0) is 30.6. The van der Waals surface area contributed by atoms with E-state index in [0.29, 0.717) is 10.6 Å². The predicted molar refractivity (Wildman–Crippen MR) is 172 cm³/mol. The third-order valence-corrected chi connectivity index (χ3v) is 8.62. The maximum atomic E-state index is 12.6.